The molecular weight excluding hydrogens is 883 g/mol. The van der Waals surface area contributed by atoms with Crippen molar-refractivity contribution >= 4 is 11.9 Å². The topological polar surface area (TPSA) is 175 Å². The van der Waals surface area contributed by atoms with Crippen molar-refractivity contribution in [2.24, 2.45) is 0 Å². The Morgan fingerprint density at radius 1 is 0.529 bits per heavy atom. The number of rotatable bonds is 46. The van der Waals surface area contributed by atoms with Crippen LogP contribution in [0.4, 0.5) is 0 Å². The Bertz CT molecular complexity index is 1440. The molecule has 1 rings (SSSR count). The molecule has 1 aliphatic heterocycles. The van der Waals surface area contributed by atoms with E-state index in [1.165, 1.54) is 83.5 Å². The number of aliphatic hydroxyl groups is 5. The van der Waals surface area contributed by atoms with E-state index >= 15 is 0 Å². The SMILES string of the molecule is CCCC/C=C\C/C=C\CCCCCCCC(=O)OCCCCCCCC/C=C\C/C=C\CCC(=O)NC(COC1OC(CO)C(O)C(O)C1O)C(O)/C=C/CC/C=C/CC/C=C/CCCCCCC. The maximum Gasteiger partial charge on any atom is 0.305 e. The van der Waals surface area contributed by atoms with Crippen LogP contribution in [0.3, 0.4) is 0 Å². The lowest BCUT2D eigenvalue weighted by atomic mass is 9.99. The fourth-order valence-corrected chi connectivity index (χ4v) is 7.94. The van der Waals surface area contributed by atoms with Gasteiger partial charge in [0, 0.05) is 12.8 Å². The molecule has 11 heteroatoms. The predicted octanol–water partition coefficient (Wildman–Crippen LogP) is 12.2. The third-order valence-electron chi connectivity index (χ3n) is 12.4. The van der Waals surface area contributed by atoms with Gasteiger partial charge in [0.15, 0.2) is 6.29 Å². The monoisotopic (exact) mass is 984 g/mol. The normalized spacial score (nSPS) is 19.9. The number of allylic oxidation sites excluding steroid dienone is 13. The fraction of sp³-hybridized carbons (Fsp3) is 0.729. The summed E-state index contributed by atoms with van der Waals surface area (Å²) in [6.45, 7) is 4.14. The summed E-state index contributed by atoms with van der Waals surface area (Å²) < 4.78 is 16.6. The first kappa shape index (κ1) is 64.9. The third-order valence-corrected chi connectivity index (χ3v) is 12.4. The van der Waals surface area contributed by atoms with Crippen LogP contribution < -0.4 is 5.32 Å². The number of esters is 1. The molecule has 1 amide bonds. The molecule has 402 valence electrons. The fourth-order valence-electron chi connectivity index (χ4n) is 7.94. The molecule has 0 bridgehead atoms. The molecule has 0 spiro atoms. The van der Waals surface area contributed by atoms with Gasteiger partial charge in [0.25, 0.3) is 0 Å². The smallest absolute Gasteiger partial charge is 0.305 e. The van der Waals surface area contributed by atoms with Crippen LogP contribution >= 0.6 is 0 Å². The van der Waals surface area contributed by atoms with Gasteiger partial charge in [-0.15, -0.1) is 0 Å². The molecule has 7 unspecified atom stereocenters. The molecule has 0 aliphatic carbocycles. The summed E-state index contributed by atoms with van der Waals surface area (Å²) in [5.74, 6) is -0.338. The van der Waals surface area contributed by atoms with Crippen LogP contribution in [0.25, 0.3) is 0 Å². The maximum atomic E-state index is 13.0. The highest BCUT2D eigenvalue weighted by Crippen LogP contribution is 2.22. The lowest BCUT2D eigenvalue weighted by Gasteiger charge is -2.40. The highest BCUT2D eigenvalue weighted by molar-refractivity contribution is 5.76. The van der Waals surface area contributed by atoms with E-state index in [1.54, 1.807) is 6.08 Å². The van der Waals surface area contributed by atoms with Crippen LogP contribution in [-0.2, 0) is 23.8 Å². The van der Waals surface area contributed by atoms with Crippen molar-refractivity contribution in [1.29, 1.82) is 0 Å². The second-order valence-electron chi connectivity index (χ2n) is 18.9. The summed E-state index contributed by atoms with van der Waals surface area (Å²) in [4.78, 5) is 25.0. The molecule has 1 aliphatic rings. The van der Waals surface area contributed by atoms with E-state index in [0.717, 1.165) is 89.9 Å². The second kappa shape index (κ2) is 48.1. The number of amides is 1. The number of carbonyl (C=O) groups is 2. The molecule has 11 nitrogen and oxygen atoms in total. The molecule has 1 fully saturated rings. The van der Waals surface area contributed by atoms with Gasteiger partial charge in [-0.3, -0.25) is 9.59 Å². The number of hydrogen-bond acceptors (Lipinski definition) is 10. The summed E-state index contributed by atoms with van der Waals surface area (Å²) in [6.07, 6.45) is 53.8. The van der Waals surface area contributed by atoms with E-state index in [0.29, 0.717) is 25.9 Å². The Morgan fingerprint density at radius 3 is 1.57 bits per heavy atom. The zero-order valence-electron chi connectivity index (χ0n) is 43.9. The van der Waals surface area contributed by atoms with Crippen LogP contribution in [0.1, 0.15) is 213 Å². The molecule has 0 saturated carbocycles. The van der Waals surface area contributed by atoms with E-state index in [4.69, 9.17) is 14.2 Å². The summed E-state index contributed by atoms with van der Waals surface area (Å²) in [6, 6.07) is -0.882. The van der Waals surface area contributed by atoms with Gasteiger partial charge in [-0.25, -0.2) is 0 Å². The van der Waals surface area contributed by atoms with Gasteiger partial charge >= 0.3 is 5.97 Å². The minimum atomic E-state index is -1.60. The number of unbranched alkanes of at least 4 members (excludes halogenated alkanes) is 20. The van der Waals surface area contributed by atoms with Gasteiger partial charge in [0.2, 0.25) is 5.91 Å². The Kier molecular flexibility index (Phi) is 44.6. The number of aliphatic hydroxyl groups excluding tert-OH is 5. The minimum Gasteiger partial charge on any atom is -0.466 e. The summed E-state index contributed by atoms with van der Waals surface area (Å²) in [5.41, 5.74) is 0. The Morgan fingerprint density at radius 2 is 1.00 bits per heavy atom. The molecule has 0 aromatic carbocycles. The largest absolute Gasteiger partial charge is 0.466 e. The van der Waals surface area contributed by atoms with Crippen LogP contribution in [0, 0.1) is 0 Å². The Hall–Kier alpha value is -3.16. The van der Waals surface area contributed by atoms with Gasteiger partial charge in [-0.05, 0) is 103 Å². The average molecular weight is 984 g/mol. The number of carbonyl (C=O) groups excluding carboxylic acids is 2. The Balaban J connectivity index is 2.25. The highest BCUT2D eigenvalue weighted by atomic mass is 16.7. The molecule has 1 saturated heterocycles. The molecular formula is C59H101NO10. The first-order valence-electron chi connectivity index (χ1n) is 27.9. The first-order valence-corrected chi connectivity index (χ1v) is 27.9. The van der Waals surface area contributed by atoms with Crippen molar-refractivity contribution in [3.8, 4) is 0 Å². The van der Waals surface area contributed by atoms with Crippen molar-refractivity contribution in [2.45, 2.75) is 256 Å². The minimum absolute atomic E-state index is 0.0571. The van der Waals surface area contributed by atoms with Crippen LogP contribution in [0.2, 0.25) is 0 Å². The zero-order chi connectivity index (χ0) is 51.0. The van der Waals surface area contributed by atoms with Crippen molar-refractivity contribution in [3.63, 3.8) is 0 Å². The molecule has 1 heterocycles. The molecule has 0 radical (unpaired) electrons. The molecule has 70 heavy (non-hydrogen) atoms. The molecule has 6 N–H and O–H groups in total. The highest BCUT2D eigenvalue weighted by Gasteiger charge is 2.44. The standard InChI is InChI=1S/C59H101NO10/c1-3-5-7-9-11-13-15-17-19-21-25-29-33-37-41-45-52(62)51(50-69-59-58(67)57(66)56(65)53(49-61)70-59)60-54(63)46-42-38-34-30-26-22-20-24-28-32-36-40-44-48-68-55(64)47-43-39-35-31-27-23-18-16-14-12-10-8-6-4-2/h10,12,15-18,22,25-26,29,34,38,41,45,51-53,56-59,61-62,65-67H,3-9,11,13-14,19-21,23-24,27-28,30-33,35-37,39-40,42-44,46-50H2,1-2H3,(H,60,63)/b12-10-,17-15+,18-16-,26-22-,29-25+,38-34-,45-41+. The average Bonchev–Trinajstić information content (AvgIpc) is 3.36. The van der Waals surface area contributed by atoms with E-state index in [9.17, 15) is 35.1 Å². The van der Waals surface area contributed by atoms with Crippen molar-refractivity contribution in [3.05, 3.63) is 85.1 Å². The summed E-state index contributed by atoms with van der Waals surface area (Å²) in [5, 5.41) is 54.2. The third kappa shape index (κ3) is 37.6. The lowest BCUT2D eigenvalue weighted by Crippen LogP contribution is -2.60. The van der Waals surface area contributed by atoms with Crippen molar-refractivity contribution < 1.29 is 49.3 Å². The molecule has 0 aromatic rings. The number of hydrogen-bond donors (Lipinski definition) is 6. The zero-order valence-corrected chi connectivity index (χ0v) is 43.9. The van der Waals surface area contributed by atoms with E-state index in [1.807, 2.05) is 18.2 Å². The molecule has 0 aromatic heterocycles. The first-order chi connectivity index (χ1) is 34.2. The lowest BCUT2D eigenvalue weighted by molar-refractivity contribution is -0.302. The maximum absolute atomic E-state index is 13.0. The van der Waals surface area contributed by atoms with E-state index in [-0.39, 0.29) is 24.9 Å². The van der Waals surface area contributed by atoms with Crippen LogP contribution in [0.5, 0.6) is 0 Å². The van der Waals surface area contributed by atoms with Crippen molar-refractivity contribution in [1.82, 2.24) is 5.32 Å². The van der Waals surface area contributed by atoms with Gasteiger partial charge in [-0.2, -0.15) is 0 Å². The van der Waals surface area contributed by atoms with E-state index in [2.05, 4.69) is 79.9 Å². The van der Waals surface area contributed by atoms with Gasteiger partial charge in [0.05, 0.1) is 32.0 Å². The van der Waals surface area contributed by atoms with Gasteiger partial charge < -0.3 is 45.1 Å². The van der Waals surface area contributed by atoms with Gasteiger partial charge in [-0.1, -0.05) is 182 Å². The summed E-state index contributed by atoms with van der Waals surface area (Å²) in [7, 11) is 0. The quantitative estimate of drug-likeness (QED) is 0.0196. The molecule has 7 atom stereocenters. The number of ether oxygens (including phenoxy) is 3. The van der Waals surface area contributed by atoms with Crippen molar-refractivity contribution in [2.75, 3.05) is 19.8 Å². The Labute approximate surface area is 425 Å². The number of nitrogens with one attached hydrogen (secondary N) is 1. The summed E-state index contributed by atoms with van der Waals surface area (Å²) >= 11 is 0. The van der Waals surface area contributed by atoms with Crippen LogP contribution in [0.15, 0.2) is 85.1 Å². The van der Waals surface area contributed by atoms with E-state index < -0.39 is 49.5 Å². The predicted molar refractivity (Wildman–Crippen MR) is 287 cm³/mol. The van der Waals surface area contributed by atoms with Gasteiger partial charge in [0.1, 0.15) is 24.4 Å². The van der Waals surface area contributed by atoms with Crippen LogP contribution in [-0.4, -0.2) is 100 Å². The second-order valence-corrected chi connectivity index (χ2v) is 18.9.